The maximum Gasteiger partial charge on any atom is 0.253 e. The number of hydrogen-bond donors (Lipinski definition) is 0. The Labute approximate surface area is 178 Å². The molecule has 0 N–H and O–H groups in total. The van der Waals surface area contributed by atoms with Crippen molar-refractivity contribution in [1.29, 1.82) is 0 Å². The second-order valence-electron chi connectivity index (χ2n) is 7.80. The van der Waals surface area contributed by atoms with E-state index < -0.39 is 0 Å². The van der Waals surface area contributed by atoms with Crippen LogP contribution in [0.3, 0.4) is 0 Å². The molecule has 1 saturated carbocycles. The summed E-state index contributed by atoms with van der Waals surface area (Å²) >= 11 is 1.66. The van der Waals surface area contributed by atoms with E-state index in [2.05, 4.69) is 16.3 Å². The fourth-order valence-electron chi connectivity index (χ4n) is 4.13. The van der Waals surface area contributed by atoms with Gasteiger partial charge in [-0.25, -0.2) is 4.98 Å². The Hall–Kier alpha value is -3.06. The topological polar surface area (TPSA) is 72.1 Å². The summed E-state index contributed by atoms with van der Waals surface area (Å²) in [6, 6.07) is 16.1. The van der Waals surface area contributed by atoms with Crippen LogP contribution in [0, 0.1) is 6.92 Å². The Balaban J connectivity index is 1.29. The number of carbonyl (C=O) groups excluding carboxylic acids is 1. The van der Waals surface area contributed by atoms with Gasteiger partial charge in [-0.05, 0) is 43.5 Å². The van der Waals surface area contributed by atoms with Crippen molar-refractivity contribution >= 4 is 27.5 Å². The molecule has 30 heavy (non-hydrogen) atoms. The summed E-state index contributed by atoms with van der Waals surface area (Å²) < 4.78 is 6.75. The molecule has 1 aliphatic rings. The maximum absolute atomic E-state index is 13.0. The van der Waals surface area contributed by atoms with Gasteiger partial charge in [0, 0.05) is 37.1 Å². The van der Waals surface area contributed by atoms with Gasteiger partial charge in [0.05, 0.1) is 10.2 Å². The second kappa shape index (κ2) is 7.65. The fourth-order valence-corrected chi connectivity index (χ4v) is 5.10. The van der Waals surface area contributed by atoms with Gasteiger partial charge in [0.2, 0.25) is 11.8 Å². The normalized spacial score (nSPS) is 18.7. The van der Waals surface area contributed by atoms with Gasteiger partial charge in [0.15, 0.2) is 0 Å². The second-order valence-corrected chi connectivity index (χ2v) is 8.83. The first-order valence-electron chi connectivity index (χ1n) is 10.1. The number of benzene rings is 2. The van der Waals surface area contributed by atoms with Gasteiger partial charge in [0.25, 0.3) is 5.91 Å². The number of aromatic nitrogens is 3. The first kappa shape index (κ1) is 18.9. The van der Waals surface area contributed by atoms with Crippen LogP contribution in [0.25, 0.3) is 20.8 Å². The van der Waals surface area contributed by atoms with Crippen LogP contribution in [0.4, 0.5) is 0 Å². The molecule has 0 unspecified atom stereocenters. The summed E-state index contributed by atoms with van der Waals surface area (Å²) in [4.78, 5) is 19.6. The Morgan fingerprint density at radius 1 is 1.10 bits per heavy atom. The van der Waals surface area contributed by atoms with Crippen molar-refractivity contribution in [3.8, 4) is 10.6 Å². The highest BCUT2D eigenvalue weighted by molar-refractivity contribution is 7.21. The zero-order valence-electron chi connectivity index (χ0n) is 16.9. The maximum atomic E-state index is 13.0. The SMILES string of the molecule is Cc1nnc([C@H]2CC[C@@H](N(C)C(=O)c3ccc(-c4nc5ccccc5s4)cc3)C2)o1. The summed E-state index contributed by atoms with van der Waals surface area (Å²) in [6.45, 7) is 1.80. The molecule has 152 valence electrons. The van der Waals surface area contributed by atoms with E-state index in [1.165, 1.54) is 4.70 Å². The minimum atomic E-state index is 0.0400. The molecule has 2 aromatic heterocycles. The first-order chi connectivity index (χ1) is 14.6. The van der Waals surface area contributed by atoms with Crippen molar-refractivity contribution in [2.24, 2.45) is 0 Å². The average molecular weight is 419 g/mol. The molecule has 2 heterocycles. The van der Waals surface area contributed by atoms with Crippen LogP contribution in [0.5, 0.6) is 0 Å². The molecule has 0 saturated heterocycles. The number of carbonyl (C=O) groups is 1. The number of hydrogen-bond acceptors (Lipinski definition) is 6. The molecular weight excluding hydrogens is 396 g/mol. The zero-order chi connectivity index (χ0) is 20.7. The number of para-hydroxylation sites is 1. The third-order valence-electron chi connectivity index (χ3n) is 5.84. The highest BCUT2D eigenvalue weighted by atomic mass is 32.1. The summed E-state index contributed by atoms with van der Waals surface area (Å²) in [5, 5.41) is 9.05. The summed E-state index contributed by atoms with van der Waals surface area (Å²) in [5.74, 6) is 1.55. The van der Waals surface area contributed by atoms with E-state index in [4.69, 9.17) is 9.40 Å². The van der Waals surface area contributed by atoms with Gasteiger partial charge in [-0.1, -0.05) is 24.3 Å². The lowest BCUT2D eigenvalue weighted by molar-refractivity contribution is 0.0733. The lowest BCUT2D eigenvalue weighted by atomic mass is 10.1. The van der Waals surface area contributed by atoms with Crippen molar-refractivity contribution in [3.05, 3.63) is 65.9 Å². The fraction of sp³-hybridized carbons (Fsp3) is 0.304. The van der Waals surface area contributed by atoms with Gasteiger partial charge >= 0.3 is 0 Å². The molecule has 5 rings (SSSR count). The molecule has 2 aromatic carbocycles. The van der Waals surface area contributed by atoms with Crippen LogP contribution in [0.1, 0.15) is 47.3 Å². The lowest BCUT2D eigenvalue weighted by Crippen LogP contribution is -2.35. The summed E-state index contributed by atoms with van der Waals surface area (Å²) in [7, 11) is 1.88. The molecule has 1 fully saturated rings. The molecule has 7 heteroatoms. The summed E-state index contributed by atoms with van der Waals surface area (Å²) in [6.07, 6.45) is 2.76. The molecular formula is C23H22N4O2S. The Bertz CT molecular complexity index is 1160. The zero-order valence-corrected chi connectivity index (χ0v) is 17.7. The van der Waals surface area contributed by atoms with Crippen LogP contribution in [0.15, 0.2) is 52.9 Å². The van der Waals surface area contributed by atoms with E-state index in [1.807, 2.05) is 54.4 Å². The summed E-state index contributed by atoms with van der Waals surface area (Å²) in [5.41, 5.74) is 2.73. The molecule has 0 spiro atoms. The highest BCUT2D eigenvalue weighted by Crippen LogP contribution is 2.36. The lowest BCUT2D eigenvalue weighted by Gasteiger charge is -2.24. The van der Waals surface area contributed by atoms with E-state index in [0.29, 0.717) is 17.3 Å². The Morgan fingerprint density at radius 2 is 1.90 bits per heavy atom. The van der Waals surface area contributed by atoms with Crippen LogP contribution in [0.2, 0.25) is 0 Å². The minimum absolute atomic E-state index is 0.0400. The van der Waals surface area contributed by atoms with Gasteiger partial charge in [0.1, 0.15) is 5.01 Å². The van der Waals surface area contributed by atoms with Gasteiger partial charge in [-0.2, -0.15) is 0 Å². The van der Waals surface area contributed by atoms with Crippen molar-refractivity contribution in [1.82, 2.24) is 20.1 Å². The van der Waals surface area contributed by atoms with Crippen LogP contribution < -0.4 is 0 Å². The molecule has 2 atom stereocenters. The van der Waals surface area contributed by atoms with Crippen LogP contribution in [-0.2, 0) is 0 Å². The molecule has 0 radical (unpaired) electrons. The highest BCUT2D eigenvalue weighted by Gasteiger charge is 2.33. The molecule has 6 nitrogen and oxygen atoms in total. The number of amides is 1. The monoisotopic (exact) mass is 418 g/mol. The van der Waals surface area contributed by atoms with Crippen LogP contribution >= 0.6 is 11.3 Å². The van der Waals surface area contributed by atoms with Crippen molar-refractivity contribution < 1.29 is 9.21 Å². The molecule has 0 bridgehead atoms. The van der Waals surface area contributed by atoms with E-state index in [9.17, 15) is 4.79 Å². The van der Waals surface area contributed by atoms with Gasteiger partial charge in [-0.15, -0.1) is 21.5 Å². The quantitative estimate of drug-likeness (QED) is 0.463. The number of nitrogens with zero attached hydrogens (tertiary/aromatic N) is 4. The van der Waals surface area contributed by atoms with Crippen molar-refractivity contribution in [3.63, 3.8) is 0 Å². The van der Waals surface area contributed by atoms with Crippen LogP contribution in [-0.4, -0.2) is 39.1 Å². The van der Waals surface area contributed by atoms with Gasteiger partial charge < -0.3 is 9.32 Å². The number of thiazole rings is 1. The number of fused-ring (bicyclic) bond motifs is 1. The van der Waals surface area contributed by atoms with Gasteiger partial charge in [-0.3, -0.25) is 4.79 Å². The predicted molar refractivity (Wildman–Crippen MR) is 117 cm³/mol. The molecule has 1 amide bonds. The van der Waals surface area contributed by atoms with Crippen molar-refractivity contribution in [2.75, 3.05) is 7.05 Å². The number of aryl methyl sites for hydroxylation is 1. The standard InChI is InChI=1S/C23H22N4O2S/c1-14-25-26-21(29-14)17-11-12-18(13-17)27(2)23(28)16-9-7-15(8-10-16)22-24-19-5-3-4-6-20(19)30-22/h3-10,17-18H,11-13H2,1-2H3/t17-,18+/m0/s1. The minimum Gasteiger partial charge on any atom is -0.425 e. The third-order valence-corrected chi connectivity index (χ3v) is 6.92. The van der Waals surface area contributed by atoms with E-state index >= 15 is 0 Å². The van der Waals surface area contributed by atoms with Crippen molar-refractivity contribution in [2.45, 2.75) is 38.1 Å². The first-order valence-corrected chi connectivity index (χ1v) is 10.9. The average Bonchev–Trinajstić information content (AvgIpc) is 3.51. The largest absolute Gasteiger partial charge is 0.425 e. The molecule has 1 aliphatic carbocycles. The third kappa shape index (κ3) is 3.50. The van der Waals surface area contributed by atoms with E-state index in [-0.39, 0.29) is 17.9 Å². The predicted octanol–water partition coefficient (Wildman–Crippen LogP) is 5.06. The molecule has 0 aliphatic heterocycles. The molecule has 4 aromatic rings. The van der Waals surface area contributed by atoms with E-state index in [1.54, 1.807) is 18.3 Å². The number of rotatable bonds is 4. The Morgan fingerprint density at radius 3 is 2.63 bits per heavy atom. The smallest absolute Gasteiger partial charge is 0.253 e. The Kier molecular flexibility index (Phi) is 4.83. The van der Waals surface area contributed by atoms with E-state index in [0.717, 1.165) is 35.4 Å².